The lowest BCUT2D eigenvalue weighted by atomic mass is 9.86. The number of hydrogen-bond donors (Lipinski definition) is 1. The molecular formula is C16H28N4. The third kappa shape index (κ3) is 4.17. The van der Waals surface area contributed by atoms with Gasteiger partial charge in [-0.15, -0.1) is 0 Å². The molecule has 1 aliphatic rings. The van der Waals surface area contributed by atoms with Gasteiger partial charge in [-0.2, -0.15) is 0 Å². The van der Waals surface area contributed by atoms with Gasteiger partial charge in [0, 0.05) is 31.9 Å². The summed E-state index contributed by atoms with van der Waals surface area (Å²) in [4.78, 5) is 11.4. The van der Waals surface area contributed by atoms with Crippen LogP contribution in [0, 0.1) is 5.92 Å². The normalized spacial score (nSPS) is 23.1. The molecule has 1 aromatic heterocycles. The number of nitrogens with one attached hydrogen (secondary N) is 1. The Bertz CT molecular complexity index is 419. The van der Waals surface area contributed by atoms with Crippen molar-refractivity contribution in [3.63, 3.8) is 0 Å². The van der Waals surface area contributed by atoms with E-state index in [1.807, 2.05) is 12.4 Å². The molecule has 1 aromatic rings. The summed E-state index contributed by atoms with van der Waals surface area (Å²) in [6.07, 6.45) is 8.99. The summed E-state index contributed by atoms with van der Waals surface area (Å²) >= 11 is 0. The molecule has 1 N–H and O–H groups in total. The van der Waals surface area contributed by atoms with Crippen LogP contribution in [-0.4, -0.2) is 29.1 Å². The molecule has 2 atom stereocenters. The number of nitrogens with zero attached hydrogens (tertiary/aromatic N) is 3. The number of hydrogen-bond acceptors (Lipinski definition) is 4. The van der Waals surface area contributed by atoms with Crippen molar-refractivity contribution in [2.75, 3.05) is 11.9 Å². The SMILES string of the molecule is CC1CCCC(N(C)c2cncc(CNC(C)C)n2)C1. The maximum atomic E-state index is 4.75. The predicted octanol–water partition coefficient (Wildman–Crippen LogP) is 2.99. The van der Waals surface area contributed by atoms with Crippen molar-refractivity contribution in [1.82, 2.24) is 15.3 Å². The maximum absolute atomic E-state index is 4.75. The van der Waals surface area contributed by atoms with Gasteiger partial charge in [-0.1, -0.05) is 33.6 Å². The summed E-state index contributed by atoms with van der Waals surface area (Å²) in [5, 5.41) is 3.39. The molecule has 0 amide bonds. The molecule has 4 nitrogen and oxygen atoms in total. The minimum atomic E-state index is 0.470. The van der Waals surface area contributed by atoms with Gasteiger partial charge in [0.15, 0.2) is 0 Å². The molecule has 0 radical (unpaired) electrons. The highest BCUT2D eigenvalue weighted by molar-refractivity contribution is 5.36. The summed E-state index contributed by atoms with van der Waals surface area (Å²) in [5.41, 5.74) is 1.02. The van der Waals surface area contributed by atoms with Crippen molar-refractivity contribution >= 4 is 5.82 Å². The van der Waals surface area contributed by atoms with Gasteiger partial charge in [0.25, 0.3) is 0 Å². The van der Waals surface area contributed by atoms with Gasteiger partial charge in [-0.05, 0) is 18.8 Å². The standard InChI is InChI=1S/C16H28N4/c1-12(2)18-10-14-9-17-11-16(19-14)20(4)15-7-5-6-13(3)8-15/h9,11-13,15,18H,5-8,10H2,1-4H3. The second kappa shape index (κ2) is 7.02. The lowest BCUT2D eigenvalue weighted by Gasteiger charge is -2.34. The van der Waals surface area contributed by atoms with E-state index in [1.165, 1.54) is 25.7 Å². The van der Waals surface area contributed by atoms with E-state index in [0.29, 0.717) is 12.1 Å². The van der Waals surface area contributed by atoms with Crippen LogP contribution in [0.25, 0.3) is 0 Å². The van der Waals surface area contributed by atoms with Gasteiger partial charge in [-0.3, -0.25) is 4.98 Å². The van der Waals surface area contributed by atoms with Crippen molar-refractivity contribution in [3.05, 3.63) is 18.1 Å². The first-order valence-electron chi connectivity index (χ1n) is 7.83. The summed E-state index contributed by atoms with van der Waals surface area (Å²) in [7, 11) is 2.16. The Morgan fingerprint density at radius 1 is 1.35 bits per heavy atom. The average Bonchev–Trinajstić information content (AvgIpc) is 2.44. The lowest BCUT2D eigenvalue weighted by molar-refractivity contribution is 0.335. The Kier molecular flexibility index (Phi) is 5.35. The molecule has 0 bridgehead atoms. The summed E-state index contributed by atoms with van der Waals surface area (Å²) in [6, 6.07) is 1.08. The highest BCUT2D eigenvalue weighted by Crippen LogP contribution is 2.28. The fraction of sp³-hybridized carbons (Fsp3) is 0.750. The molecule has 2 rings (SSSR count). The largest absolute Gasteiger partial charge is 0.355 e. The molecule has 2 unspecified atom stereocenters. The van der Waals surface area contributed by atoms with Crippen LogP contribution in [0.5, 0.6) is 0 Å². The topological polar surface area (TPSA) is 41.1 Å². The zero-order chi connectivity index (χ0) is 14.5. The van der Waals surface area contributed by atoms with Gasteiger partial charge in [0.1, 0.15) is 5.82 Å². The van der Waals surface area contributed by atoms with Crippen LogP contribution < -0.4 is 10.2 Å². The molecule has 4 heteroatoms. The van der Waals surface area contributed by atoms with Crippen LogP contribution in [0.4, 0.5) is 5.82 Å². The molecule has 0 spiro atoms. The smallest absolute Gasteiger partial charge is 0.147 e. The van der Waals surface area contributed by atoms with Gasteiger partial charge in [0.05, 0.1) is 11.9 Å². The number of rotatable bonds is 5. The van der Waals surface area contributed by atoms with E-state index in [2.05, 4.69) is 43.0 Å². The van der Waals surface area contributed by atoms with E-state index in [0.717, 1.165) is 24.0 Å². The van der Waals surface area contributed by atoms with Crippen molar-refractivity contribution < 1.29 is 0 Å². The van der Waals surface area contributed by atoms with Crippen molar-refractivity contribution in [1.29, 1.82) is 0 Å². The molecule has 1 heterocycles. The lowest BCUT2D eigenvalue weighted by Crippen LogP contribution is -2.36. The monoisotopic (exact) mass is 276 g/mol. The molecule has 0 aliphatic heterocycles. The Balaban J connectivity index is 2.01. The highest BCUT2D eigenvalue weighted by atomic mass is 15.2. The molecule has 1 aliphatic carbocycles. The molecule has 0 aromatic carbocycles. The van der Waals surface area contributed by atoms with E-state index in [4.69, 9.17) is 4.98 Å². The first-order valence-corrected chi connectivity index (χ1v) is 7.83. The van der Waals surface area contributed by atoms with Crippen LogP contribution in [0.3, 0.4) is 0 Å². The van der Waals surface area contributed by atoms with Gasteiger partial charge in [-0.25, -0.2) is 4.98 Å². The summed E-state index contributed by atoms with van der Waals surface area (Å²) < 4.78 is 0. The van der Waals surface area contributed by atoms with Gasteiger partial charge in [0.2, 0.25) is 0 Å². The Morgan fingerprint density at radius 2 is 2.15 bits per heavy atom. The molecule has 112 valence electrons. The van der Waals surface area contributed by atoms with E-state index in [9.17, 15) is 0 Å². The quantitative estimate of drug-likeness (QED) is 0.897. The minimum Gasteiger partial charge on any atom is -0.355 e. The predicted molar refractivity (Wildman–Crippen MR) is 83.8 cm³/mol. The van der Waals surface area contributed by atoms with Crippen LogP contribution >= 0.6 is 0 Å². The average molecular weight is 276 g/mol. The molecular weight excluding hydrogens is 248 g/mol. The van der Waals surface area contributed by atoms with E-state index >= 15 is 0 Å². The number of anilines is 1. The third-order valence-corrected chi connectivity index (χ3v) is 4.18. The van der Waals surface area contributed by atoms with Crippen molar-refractivity contribution in [2.24, 2.45) is 5.92 Å². The minimum absolute atomic E-state index is 0.470. The zero-order valence-electron chi connectivity index (χ0n) is 13.3. The van der Waals surface area contributed by atoms with Crippen LogP contribution in [-0.2, 0) is 6.54 Å². The van der Waals surface area contributed by atoms with Crippen LogP contribution in [0.1, 0.15) is 52.1 Å². The molecule has 1 fully saturated rings. The van der Waals surface area contributed by atoms with E-state index in [1.54, 1.807) is 0 Å². The third-order valence-electron chi connectivity index (χ3n) is 4.18. The fourth-order valence-corrected chi connectivity index (χ4v) is 2.90. The molecule has 0 saturated heterocycles. The fourth-order valence-electron chi connectivity index (χ4n) is 2.90. The highest BCUT2D eigenvalue weighted by Gasteiger charge is 2.23. The van der Waals surface area contributed by atoms with E-state index in [-0.39, 0.29) is 0 Å². The summed E-state index contributed by atoms with van der Waals surface area (Å²) in [5.74, 6) is 1.84. The Morgan fingerprint density at radius 3 is 2.85 bits per heavy atom. The van der Waals surface area contributed by atoms with Crippen LogP contribution in [0.2, 0.25) is 0 Å². The summed E-state index contributed by atoms with van der Waals surface area (Å²) in [6.45, 7) is 7.43. The Labute approximate surface area is 123 Å². The zero-order valence-corrected chi connectivity index (χ0v) is 13.3. The van der Waals surface area contributed by atoms with Gasteiger partial charge >= 0.3 is 0 Å². The molecule has 1 saturated carbocycles. The maximum Gasteiger partial charge on any atom is 0.147 e. The Hall–Kier alpha value is -1.16. The first-order chi connectivity index (χ1) is 9.56. The first kappa shape index (κ1) is 15.2. The second-order valence-corrected chi connectivity index (χ2v) is 6.44. The van der Waals surface area contributed by atoms with Crippen molar-refractivity contribution in [3.8, 4) is 0 Å². The van der Waals surface area contributed by atoms with Crippen molar-refractivity contribution in [2.45, 2.75) is 65.1 Å². The van der Waals surface area contributed by atoms with E-state index < -0.39 is 0 Å². The van der Waals surface area contributed by atoms with Crippen LogP contribution in [0.15, 0.2) is 12.4 Å². The van der Waals surface area contributed by atoms with Gasteiger partial charge < -0.3 is 10.2 Å². The number of aromatic nitrogens is 2. The molecule has 20 heavy (non-hydrogen) atoms. The second-order valence-electron chi connectivity index (χ2n) is 6.44.